The topological polar surface area (TPSA) is 77.2 Å². The molecule has 0 saturated heterocycles. The molecule has 1 aromatic carbocycles. The van der Waals surface area contributed by atoms with Gasteiger partial charge in [-0.05, 0) is 22.1 Å². The van der Waals surface area contributed by atoms with Crippen molar-refractivity contribution >= 4 is 27.7 Å². The van der Waals surface area contributed by atoms with Gasteiger partial charge in [-0.25, -0.2) is 4.57 Å². The largest absolute Gasteiger partial charge is 0.358 e. The first kappa shape index (κ1) is 15.2. The van der Waals surface area contributed by atoms with Gasteiger partial charge < -0.3 is 15.4 Å². The van der Waals surface area contributed by atoms with Crippen LogP contribution in [0.15, 0.2) is 36.4 Å². The van der Waals surface area contributed by atoms with Crippen LogP contribution in [-0.4, -0.2) is 15.4 Å². The number of carbonyl (C=O) groups is 1. The van der Waals surface area contributed by atoms with Crippen molar-refractivity contribution in [3.63, 3.8) is 0 Å². The molecule has 0 saturated carbocycles. The van der Waals surface area contributed by atoms with Gasteiger partial charge in [0.1, 0.15) is 0 Å². The molecule has 7 heteroatoms. The first-order chi connectivity index (χ1) is 10.0. The summed E-state index contributed by atoms with van der Waals surface area (Å²) < 4.78 is 1.27. The molecule has 0 bridgehead atoms. The molecule has 6 nitrogen and oxygen atoms in total. The van der Waals surface area contributed by atoms with Crippen molar-refractivity contribution in [3.05, 3.63) is 63.3 Å². The highest BCUT2D eigenvalue weighted by Crippen LogP contribution is 2.15. The van der Waals surface area contributed by atoms with Crippen LogP contribution in [0.3, 0.4) is 0 Å². The molecule has 0 radical (unpaired) electrons. The lowest BCUT2D eigenvalue weighted by Crippen LogP contribution is -2.25. The molecule has 1 heterocycles. The molecule has 0 aliphatic heterocycles. The molecule has 110 valence electrons. The molecular weight excluding hydrogens is 338 g/mol. The van der Waals surface area contributed by atoms with Gasteiger partial charge in [0.15, 0.2) is 5.69 Å². The third kappa shape index (κ3) is 3.49. The first-order valence-corrected chi connectivity index (χ1v) is 7.37. The zero-order chi connectivity index (χ0) is 15.4. The van der Waals surface area contributed by atoms with Gasteiger partial charge in [0.05, 0.1) is 7.05 Å². The Morgan fingerprint density at radius 2 is 1.86 bits per heavy atom. The van der Waals surface area contributed by atoms with Crippen LogP contribution in [-0.2, 0) is 18.9 Å². The van der Waals surface area contributed by atoms with Gasteiger partial charge in [-0.15, -0.1) is 0 Å². The maximum absolute atomic E-state index is 12.0. The molecule has 0 spiro atoms. The number of nitro groups is 1. The molecule has 0 aliphatic carbocycles. The Hall–Kier alpha value is -2.15. The Balaban J connectivity index is 2.03. The van der Waals surface area contributed by atoms with Crippen LogP contribution < -0.4 is 5.32 Å². The number of amides is 1. The maximum atomic E-state index is 12.0. The van der Waals surface area contributed by atoms with Crippen LogP contribution >= 0.6 is 15.9 Å². The summed E-state index contributed by atoms with van der Waals surface area (Å²) in [5, 5.41) is 14.3. The number of alkyl halides is 1. The van der Waals surface area contributed by atoms with Crippen LogP contribution in [0.2, 0.25) is 0 Å². The first-order valence-electron chi connectivity index (χ1n) is 6.25. The number of hydrogen-bond acceptors (Lipinski definition) is 3. The third-order valence-corrected chi connectivity index (χ3v) is 3.79. The van der Waals surface area contributed by atoms with E-state index in [-0.39, 0.29) is 17.4 Å². The van der Waals surface area contributed by atoms with E-state index in [4.69, 9.17) is 0 Å². The fourth-order valence-corrected chi connectivity index (χ4v) is 2.30. The van der Waals surface area contributed by atoms with E-state index in [0.717, 1.165) is 16.5 Å². The van der Waals surface area contributed by atoms with E-state index in [2.05, 4.69) is 21.2 Å². The van der Waals surface area contributed by atoms with Crippen molar-refractivity contribution in [2.45, 2.75) is 11.9 Å². The summed E-state index contributed by atoms with van der Waals surface area (Å²) in [6, 6.07) is 10.6. The molecule has 2 aromatic rings. The molecule has 0 fully saturated rings. The van der Waals surface area contributed by atoms with Crippen molar-refractivity contribution in [2.75, 3.05) is 0 Å². The number of hydrogen-bond donors (Lipinski definition) is 1. The van der Waals surface area contributed by atoms with Gasteiger partial charge in [0.2, 0.25) is 0 Å². The highest BCUT2D eigenvalue weighted by molar-refractivity contribution is 9.08. The van der Waals surface area contributed by atoms with E-state index in [1.807, 2.05) is 24.3 Å². The Kier molecular flexibility index (Phi) is 4.74. The Bertz CT molecular complexity index is 665. The number of carbonyl (C=O) groups excluding carboxylic acids is 1. The van der Waals surface area contributed by atoms with Gasteiger partial charge in [0, 0.05) is 17.9 Å². The molecule has 0 aliphatic rings. The van der Waals surface area contributed by atoms with E-state index in [1.165, 1.54) is 23.7 Å². The van der Waals surface area contributed by atoms with Gasteiger partial charge in [0.25, 0.3) is 5.91 Å². The summed E-state index contributed by atoms with van der Waals surface area (Å²) in [4.78, 5) is 22.3. The minimum Gasteiger partial charge on any atom is -0.358 e. The van der Waals surface area contributed by atoms with Crippen molar-refractivity contribution < 1.29 is 9.72 Å². The minimum absolute atomic E-state index is 0.109. The second kappa shape index (κ2) is 6.53. The fraction of sp³-hybridized carbons (Fsp3) is 0.214. The lowest BCUT2D eigenvalue weighted by molar-refractivity contribution is -0.391. The van der Waals surface area contributed by atoms with Gasteiger partial charge >= 0.3 is 5.82 Å². The van der Waals surface area contributed by atoms with Crippen molar-refractivity contribution in [2.24, 2.45) is 7.05 Å². The van der Waals surface area contributed by atoms with E-state index < -0.39 is 4.92 Å². The summed E-state index contributed by atoms with van der Waals surface area (Å²) in [6.45, 7) is 0.375. The quantitative estimate of drug-likeness (QED) is 0.511. The zero-order valence-corrected chi connectivity index (χ0v) is 13.0. The van der Waals surface area contributed by atoms with E-state index in [0.29, 0.717) is 6.54 Å². The molecular formula is C14H14BrN3O3. The predicted molar refractivity (Wildman–Crippen MR) is 82.3 cm³/mol. The number of aromatic nitrogens is 1. The van der Waals surface area contributed by atoms with Crippen molar-refractivity contribution in [3.8, 4) is 0 Å². The van der Waals surface area contributed by atoms with Crippen LogP contribution in [0.4, 0.5) is 5.82 Å². The van der Waals surface area contributed by atoms with Gasteiger partial charge in [-0.3, -0.25) is 4.79 Å². The zero-order valence-electron chi connectivity index (χ0n) is 11.4. The van der Waals surface area contributed by atoms with Gasteiger partial charge in [-0.2, -0.15) is 0 Å². The number of halogens is 1. The van der Waals surface area contributed by atoms with Crippen molar-refractivity contribution in [1.29, 1.82) is 0 Å². The lowest BCUT2D eigenvalue weighted by atomic mass is 10.1. The van der Waals surface area contributed by atoms with Crippen LogP contribution in [0.5, 0.6) is 0 Å². The third-order valence-electron chi connectivity index (χ3n) is 3.15. The number of rotatable bonds is 5. The Morgan fingerprint density at radius 1 is 1.24 bits per heavy atom. The smallest absolute Gasteiger partial charge is 0.323 e. The normalized spacial score (nSPS) is 10.4. The van der Waals surface area contributed by atoms with E-state index >= 15 is 0 Å². The molecule has 2 rings (SSSR count). The predicted octanol–water partition coefficient (Wildman–Crippen LogP) is 2.76. The monoisotopic (exact) mass is 351 g/mol. The SMILES string of the molecule is Cn1c(C(=O)NCc2ccc(CBr)cc2)ccc1[N+](=O)[O-]. The molecule has 21 heavy (non-hydrogen) atoms. The standard InChI is InChI=1S/C14H14BrN3O3/c1-17-12(6-7-13(17)18(20)21)14(19)16-9-11-4-2-10(8-15)3-5-11/h2-7H,8-9H2,1H3,(H,16,19). The molecule has 1 N–H and O–H groups in total. The van der Waals surface area contributed by atoms with Crippen LogP contribution in [0, 0.1) is 10.1 Å². The molecule has 0 unspecified atom stereocenters. The Labute approximate surface area is 130 Å². The highest BCUT2D eigenvalue weighted by Gasteiger charge is 2.20. The fourth-order valence-electron chi connectivity index (χ4n) is 1.93. The Morgan fingerprint density at radius 3 is 2.38 bits per heavy atom. The van der Waals surface area contributed by atoms with E-state index in [9.17, 15) is 14.9 Å². The number of nitrogens with zero attached hydrogens (tertiary/aromatic N) is 2. The second-order valence-electron chi connectivity index (χ2n) is 4.53. The summed E-state index contributed by atoms with van der Waals surface area (Å²) in [5.74, 6) is -0.447. The average Bonchev–Trinajstić information content (AvgIpc) is 2.87. The van der Waals surface area contributed by atoms with E-state index in [1.54, 1.807) is 0 Å². The minimum atomic E-state index is -0.518. The summed E-state index contributed by atoms with van der Waals surface area (Å²) in [6.07, 6.45) is 0. The summed E-state index contributed by atoms with van der Waals surface area (Å²) in [7, 11) is 1.50. The average molecular weight is 352 g/mol. The maximum Gasteiger partial charge on any atom is 0.323 e. The number of nitrogens with one attached hydrogen (secondary N) is 1. The summed E-state index contributed by atoms with van der Waals surface area (Å²) in [5.41, 5.74) is 2.39. The highest BCUT2D eigenvalue weighted by atomic mass is 79.9. The molecule has 0 atom stereocenters. The molecule has 1 amide bonds. The second-order valence-corrected chi connectivity index (χ2v) is 5.09. The molecule has 1 aromatic heterocycles. The van der Waals surface area contributed by atoms with Crippen LogP contribution in [0.25, 0.3) is 0 Å². The van der Waals surface area contributed by atoms with Crippen LogP contribution in [0.1, 0.15) is 21.6 Å². The number of benzene rings is 1. The summed E-state index contributed by atoms with van der Waals surface area (Å²) >= 11 is 3.37. The lowest BCUT2D eigenvalue weighted by Gasteiger charge is -2.05. The van der Waals surface area contributed by atoms with Gasteiger partial charge in [-0.1, -0.05) is 40.2 Å². The van der Waals surface area contributed by atoms with Crippen molar-refractivity contribution in [1.82, 2.24) is 9.88 Å².